The van der Waals surface area contributed by atoms with Crippen LogP contribution in [0.4, 0.5) is 11.9 Å². The third-order valence-electron chi connectivity index (χ3n) is 1.93. The minimum atomic E-state index is -0.137. The van der Waals surface area contributed by atoms with E-state index in [4.69, 9.17) is 10.5 Å². The van der Waals surface area contributed by atoms with E-state index in [1.165, 1.54) is 7.11 Å². The largest absolute Gasteiger partial charge is 0.467 e. The first-order chi connectivity index (χ1) is 8.51. The molecule has 0 saturated carbocycles. The Morgan fingerprint density at radius 3 is 2.72 bits per heavy atom. The van der Waals surface area contributed by atoms with Gasteiger partial charge in [-0.1, -0.05) is 13.8 Å². The van der Waals surface area contributed by atoms with Crippen LogP contribution in [0, 0.1) is 5.92 Å². The molecule has 0 fully saturated rings. The summed E-state index contributed by atoms with van der Waals surface area (Å²) >= 11 is 0. The normalized spacial score (nSPS) is 10.2. The van der Waals surface area contributed by atoms with Crippen LogP contribution < -0.4 is 21.1 Å². The molecular weight excluding hydrogens is 236 g/mol. The summed E-state index contributed by atoms with van der Waals surface area (Å²) in [6.07, 6.45) is 0. The van der Waals surface area contributed by atoms with Gasteiger partial charge in [-0.05, 0) is 5.92 Å². The van der Waals surface area contributed by atoms with Crippen LogP contribution in [0.5, 0.6) is 6.01 Å². The monoisotopic (exact) mass is 254 g/mol. The van der Waals surface area contributed by atoms with Crippen molar-refractivity contribution in [2.45, 2.75) is 13.8 Å². The first-order valence-corrected chi connectivity index (χ1v) is 5.57. The molecule has 0 atom stereocenters. The Morgan fingerprint density at radius 1 is 1.39 bits per heavy atom. The number of rotatable bonds is 6. The molecule has 0 spiro atoms. The lowest BCUT2D eigenvalue weighted by molar-refractivity contribution is -0.119. The number of nitrogens with one attached hydrogen (secondary N) is 2. The molecule has 1 heterocycles. The van der Waals surface area contributed by atoms with E-state index in [1.54, 1.807) is 0 Å². The highest BCUT2D eigenvalue weighted by atomic mass is 16.5. The van der Waals surface area contributed by atoms with E-state index in [1.807, 2.05) is 13.8 Å². The molecule has 0 bridgehead atoms. The van der Waals surface area contributed by atoms with E-state index >= 15 is 0 Å². The Bertz CT molecular complexity index is 409. The van der Waals surface area contributed by atoms with Crippen LogP contribution in [0.15, 0.2) is 0 Å². The zero-order chi connectivity index (χ0) is 13.5. The Hall–Kier alpha value is -2.12. The third-order valence-corrected chi connectivity index (χ3v) is 1.93. The number of carbonyl (C=O) groups excluding carboxylic acids is 1. The van der Waals surface area contributed by atoms with Crippen LogP contribution in [0.25, 0.3) is 0 Å². The number of anilines is 2. The SMILES string of the molecule is COc1nc(N)nc(NCC(=O)NCC(C)C)n1. The second-order valence-corrected chi connectivity index (χ2v) is 4.06. The fourth-order valence-electron chi connectivity index (χ4n) is 1.08. The van der Waals surface area contributed by atoms with Gasteiger partial charge in [0.25, 0.3) is 0 Å². The first kappa shape index (κ1) is 13.9. The number of methoxy groups -OCH3 is 1. The number of carbonyl (C=O) groups is 1. The zero-order valence-corrected chi connectivity index (χ0v) is 10.7. The van der Waals surface area contributed by atoms with E-state index in [2.05, 4.69) is 25.6 Å². The smallest absolute Gasteiger partial charge is 0.322 e. The van der Waals surface area contributed by atoms with Crippen molar-refractivity contribution in [3.05, 3.63) is 0 Å². The average Bonchev–Trinajstić information content (AvgIpc) is 2.33. The number of aromatic nitrogens is 3. The fraction of sp³-hybridized carbons (Fsp3) is 0.600. The minimum absolute atomic E-state index is 0.0342. The topological polar surface area (TPSA) is 115 Å². The van der Waals surface area contributed by atoms with Gasteiger partial charge in [0, 0.05) is 6.54 Å². The predicted molar refractivity (Wildman–Crippen MR) is 67.1 cm³/mol. The lowest BCUT2D eigenvalue weighted by atomic mass is 10.2. The lowest BCUT2D eigenvalue weighted by Gasteiger charge is -2.09. The Morgan fingerprint density at radius 2 is 2.11 bits per heavy atom. The van der Waals surface area contributed by atoms with Crippen LogP contribution in [-0.2, 0) is 4.79 Å². The summed E-state index contributed by atoms with van der Waals surface area (Å²) in [4.78, 5) is 22.9. The molecule has 1 amide bonds. The van der Waals surface area contributed by atoms with Gasteiger partial charge in [0.15, 0.2) is 0 Å². The van der Waals surface area contributed by atoms with Gasteiger partial charge in [-0.2, -0.15) is 15.0 Å². The number of ether oxygens (including phenoxy) is 1. The molecule has 0 aromatic carbocycles. The number of hydrogen-bond donors (Lipinski definition) is 3. The summed E-state index contributed by atoms with van der Waals surface area (Å²) in [6.45, 7) is 4.74. The second kappa shape index (κ2) is 6.58. The molecule has 0 saturated heterocycles. The molecule has 0 radical (unpaired) electrons. The van der Waals surface area contributed by atoms with Gasteiger partial charge in [-0.15, -0.1) is 0 Å². The minimum Gasteiger partial charge on any atom is -0.467 e. The highest BCUT2D eigenvalue weighted by Crippen LogP contribution is 2.07. The van der Waals surface area contributed by atoms with E-state index in [-0.39, 0.29) is 30.4 Å². The molecule has 1 rings (SSSR count). The van der Waals surface area contributed by atoms with Gasteiger partial charge in [0.05, 0.1) is 13.7 Å². The molecule has 8 heteroatoms. The second-order valence-electron chi connectivity index (χ2n) is 4.06. The molecule has 8 nitrogen and oxygen atoms in total. The summed E-state index contributed by atoms with van der Waals surface area (Å²) in [5.41, 5.74) is 5.46. The summed E-state index contributed by atoms with van der Waals surface area (Å²) in [6, 6.07) is 0.104. The summed E-state index contributed by atoms with van der Waals surface area (Å²) in [7, 11) is 1.42. The molecular formula is C10H18N6O2. The number of nitrogen functional groups attached to an aromatic ring is 1. The summed E-state index contributed by atoms with van der Waals surface area (Å²) in [5.74, 6) is 0.509. The quantitative estimate of drug-likeness (QED) is 0.635. The number of nitrogens with two attached hydrogens (primary N) is 1. The predicted octanol–water partition coefficient (Wildman–Crippen LogP) is -0.354. The number of nitrogens with zero attached hydrogens (tertiary/aromatic N) is 3. The molecule has 1 aromatic heterocycles. The van der Waals surface area contributed by atoms with Crippen molar-refractivity contribution in [1.82, 2.24) is 20.3 Å². The molecule has 0 aliphatic carbocycles. The maximum Gasteiger partial charge on any atom is 0.322 e. The highest BCUT2D eigenvalue weighted by molar-refractivity contribution is 5.80. The third kappa shape index (κ3) is 4.81. The van der Waals surface area contributed by atoms with Gasteiger partial charge in [0.1, 0.15) is 0 Å². The van der Waals surface area contributed by atoms with E-state index in [0.717, 1.165) is 0 Å². The zero-order valence-electron chi connectivity index (χ0n) is 10.7. The average molecular weight is 254 g/mol. The van der Waals surface area contributed by atoms with E-state index in [9.17, 15) is 4.79 Å². The molecule has 0 unspecified atom stereocenters. The van der Waals surface area contributed by atoms with Crippen molar-refractivity contribution in [2.75, 3.05) is 31.2 Å². The van der Waals surface area contributed by atoms with Crippen LogP contribution in [-0.4, -0.2) is 41.1 Å². The molecule has 18 heavy (non-hydrogen) atoms. The van der Waals surface area contributed by atoms with Crippen LogP contribution in [0.1, 0.15) is 13.8 Å². The van der Waals surface area contributed by atoms with Crippen LogP contribution in [0.3, 0.4) is 0 Å². The molecule has 0 aliphatic rings. The highest BCUT2D eigenvalue weighted by Gasteiger charge is 2.06. The maximum atomic E-state index is 11.5. The van der Waals surface area contributed by atoms with Gasteiger partial charge < -0.3 is 21.1 Å². The molecule has 100 valence electrons. The molecule has 4 N–H and O–H groups in total. The summed E-state index contributed by atoms with van der Waals surface area (Å²) < 4.78 is 4.84. The van der Waals surface area contributed by atoms with Crippen molar-refractivity contribution in [1.29, 1.82) is 0 Å². The van der Waals surface area contributed by atoms with Gasteiger partial charge in [0.2, 0.25) is 17.8 Å². The Balaban J connectivity index is 2.47. The van der Waals surface area contributed by atoms with Crippen LogP contribution >= 0.6 is 0 Å². The number of amides is 1. The maximum absolute atomic E-state index is 11.5. The van der Waals surface area contributed by atoms with E-state index < -0.39 is 0 Å². The van der Waals surface area contributed by atoms with E-state index in [0.29, 0.717) is 12.5 Å². The number of hydrogen-bond acceptors (Lipinski definition) is 7. The van der Waals surface area contributed by atoms with Gasteiger partial charge in [-0.25, -0.2) is 0 Å². The fourth-order valence-corrected chi connectivity index (χ4v) is 1.08. The lowest BCUT2D eigenvalue weighted by Crippen LogP contribution is -2.32. The molecule has 1 aromatic rings. The van der Waals surface area contributed by atoms with Crippen molar-refractivity contribution in [3.8, 4) is 6.01 Å². The molecule has 0 aliphatic heterocycles. The van der Waals surface area contributed by atoms with Crippen molar-refractivity contribution < 1.29 is 9.53 Å². The van der Waals surface area contributed by atoms with Gasteiger partial charge in [-0.3, -0.25) is 4.79 Å². The van der Waals surface area contributed by atoms with Crippen molar-refractivity contribution in [3.63, 3.8) is 0 Å². The van der Waals surface area contributed by atoms with Crippen molar-refractivity contribution >= 4 is 17.8 Å². The van der Waals surface area contributed by atoms with Gasteiger partial charge >= 0.3 is 6.01 Å². The summed E-state index contributed by atoms with van der Waals surface area (Å²) in [5, 5.41) is 5.51. The standard InChI is InChI=1S/C10H18N6O2/c1-6(2)4-12-7(17)5-13-9-14-8(11)15-10(16-9)18-3/h6H,4-5H2,1-3H3,(H,12,17)(H3,11,13,14,15,16). The van der Waals surface area contributed by atoms with Crippen LogP contribution in [0.2, 0.25) is 0 Å². The Labute approximate surface area is 105 Å². The first-order valence-electron chi connectivity index (χ1n) is 5.57. The Kier molecular flexibility index (Phi) is 5.09. The van der Waals surface area contributed by atoms with Crippen molar-refractivity contribution in [2.24, 2.45) is 5.92 Å².